The average molecular weight is 536 g/mol. The molecule has 0 unspecified atom stereocenters. The van der Waals surface area contributed by atoms with Crippen molar-refractivity contribution in [3.05, 3.63) is 59.9 Å². The van der Waals surface area contributed by atoms with Gasteiger partial charge in [-0.3, -0.25) is 0 Å². The second-order valence-corrected chi connectivity index (χ2v) is 9.15. The summed E-state index contributed by atoms with van der Waals surface area (Å²) in [6, 6.07) is 6.00. The zero-order chi connectivity index (χ0) is 27.6. The summed E-state index contributed by atoms with van der Waals surface area (Å²) in [6.45, 7) is -1.32. The largest absolute Gasteiger partial charge is 0.508 e. The van der Waals surface area contributed by atoms with Crippen molar-refractivity contribution in [1.82, 2.24) is 0 Å². The highest BCUT2D eigenvalue weighted by Crippen LogP contribution is 2.45. The lowest BCUT2D eigenvalue weighted by atomic mass is 9.79. The number of fused-ring (bicyclic) bond motifs is 1. The Morgan fingerprint density at radius 1 is 1.05 bits per heavy atom. The third-order valence-corrected chi connectivity index (χ3v) is 6.65. The maximum atomic E-state index is 12.3. The summed E-state index contributed by atoms with van der Waals surface area (Å²) in [5, 5.41) is 70.1. The van der Waals surface area contributed by atoms with Crippen molar-refractivity contribution in [2.75, 3.05) is 13.2 Å². The van der Waals surface area contributed by atoms with Crippen LogP contribution >= 0.6 is 0 Å². The molecule has 13 heteroatoms. The highest BCUT2D eigenvalue weighted by Gasteiger charge is 2.56. The van der Waals surface area contributed by atoms with Crippen molar-refractivity contribution >= 4 is 18.0 Å². The Bertz CT molecular complexity index is 1110. The van der Waals surface area contributed by atoms with E-state index in [0.717, 1.165) is 12.3 Å². The van der Waals surface area contributed by atoms with Crippen molar-refractivity contribution in [2.45, 2.75) is 42.6 Å². The van der Waals surface area contributed by atoms with E-state index in [0.29, 0.717) is 5.56 Å². The van der Waals surface area contributed by atoms with Crippen LogP contribution in [-0.2, 0) is 28.5 Å². The molecular formula is C25H28O13. The van der Waals surface area contributed by atoms with Crippen LogP contribution in [0.1, 0.15) is 5.56 Å². The van der Waals surface area contributed by atoms with E-state index in [1.165, 1.54) is 30.4 Å². The number of ether oxygens (including phenoxy) is 4. The average Bonchev–Trinajstić information content (AvgIpc) is 3.25. The van der Waals surface area contributed by atoms with E-state index in [-0.39, 0.29) is 11.3 Å². The number of phenols is 1. The molecule has 0 saturated carbocycles. The number of esters is 1. The summed E-state index contributed by atoms with van der Waals surface area (Å²) < 4.78 is 21.6. The van der Waals surface area contributed by atoms with Crippen LogP contribution in [0.4, 0.5) is 0 Å². The molecule has 1 aliphatic carbocycles. The van der Waals surface area contributed by atoms with Crippen LogP contribution in [0, 0.1) is 11.8 Å². The fourth-order valence-corrected chi connectivity index (χ4v) is 4.57. The van der Waals surface area contributed by atoms with Crippen LogP contribution in [0.3, 0.4) is 0 Å². The number of carboxylic acids is 1. The highest BCUT2D eigenvalue weighted by atomic mass is 16.8. The van der Waals surface area contributed by atoms with E-state index in [4.69, 9.17) is 18.9 Å². The summed E-state index contributed by atoms with van der Waals surface area (Å²) in [4.78, 5) is 24.1. The molecule has 0 amide bonds. The van der Waals surface area contributed by atoms with Crippen molar-refractivity contribution < 1.29 is 64.3 Å². The fraction of sp³-hybridized carbons (Fsp3) is 0.440. The Balaban J connectivity index is 1.50. The number of aliphatic hydroxyl groups excluding tert-OH is 4. The zero-order valence-electron chi connectivity index (χ0n) is 19.8. The smallest absolute Gasteiger partial charge is 0.335 e. The summed E-state index contributed by atoms with van der Waals surface area (Å²) >= 11 is 0. The first kappa shape index (κ1) is 27.7. The fourth-order valence-electron chi connectivity index (χ4n) is 4.57. The molecule has 3 aliphatic rings. The SMILES string of the molecule is O=C(/C=C/c1ccc(O)cc1)OC[C@@]1(O)C=C[C@H]2C(C(=O)O)=CO[C@H](O[C@@H]3O[C@H](CO)[C@@H](O)[C@H](O)[C@H]3O)[C@@H]21. The predicted octanol–water partition coefficient (Wildman–Crippen LogP) is -1.38. The number of hydrogen-bond donors (Lipinski definition) is 7. The molecule has 2 aliphatic heterocycles. The lowest BCUT2D eigenvalue weighted by Crippen LogP contribution is -2.61. The van der Waals surface area contributed by atoms with Gasteiger partial charge in [0, 0.05) is 12.0 Å². The Labute approximate surface area is 216 Å². The van der Waals surface area contributed by atoms with E-state index < -0.39 is 79.6 Å². The molecule has 1 saturated heterocycles. The van der Waals surface area contributed by atoms with Crippen molar-refractivity contribution in [3.63, 3.8) is 0 Å². The molecule has 0 bridgehead atoms. The Kier molecular flexibility index (Phi) is 8.18. The van der Waals surface area contributed by atoms with E-state index >= 15 is 0 Å². The number of carboxylic acid groups (broad SMARTS) is 1. The van der Waals surface area contributed by atoms with Crippen LogP contribution in [0.15, 0.2) is 54.3 Å². The van der Waals surface area contributed by atoms with Gasteiger partial charge in [-0.2, -0.15) is 0 Å². The van der Waals surface area contributed by atoms with Crippen molar-refractivity contribution in [3.8, 4) is 5.75 Å². The topological polar surface area (TPSA) is 213 Å². The summed E-state index contributed by atoms with van der Waals surface area (Å²) in [6.07, 6.45) is -3.40. The Hall–Kier alpha value is -3.30. The van der Waals surface area contributed by atoms with Gasteiger partial charge in [0.2, 0.25) is 6.29 Å². The van der Waals surface area contributed by atoms with E-state index in [1.54, 1.807) is 12.1 Å². The van der Waals surface area contributed by atoms with Gasteiger partial charge in [0.15, 0.2) is 6.29 Å². The highest BCUT2D eigenvalue weighted by molar-refractivity contribution is 5.88. The molecule has 38 heavy (non-hydrogen) atoms. The number of aliphatic hydroxyl groups is 5. The van der Waals surface area contributed by atoms with Crippen LogP contribution in [0.2, 0.25) is 0 Å². The van der Waals surface area contributed by atoms with E-state index in [1.807, 2.05) is 0 Å². The zero-order valence-corrected chi connectivity index (χ0v) is 19.8. The Morgan fingerprint density at radius 2 is 1.76 bits per heavy atom. The predicted molar refractivity (Wildman–Crippen MR) is 125 cm³/mol. The third-order valence-electron chi connectivity index (χ3n) is 6.65. The summed E-state index contributed by atoms with van der Waals surface area (Å²) in [5.74, 6) is -4.23. The van der Waals surface area contributed by atoms with Gasteiger partial charge in [0.1, 0.15) is 42.4 Å². The molecular weight excluding hydrogens is 508 g/mol. The molecule has 206 valence electrons. The monoisotopic (exact) mass is 536 g/mol. The molecule has 2 heterocycles. The lowest BCUT2D eigenvalue weighted by molar-refractivity contribution is -0.346. The molecule has 13 nitrogen and oxygen atoms in total. The summed E-state index contributed by atoms with van der Waals surface area (Å²) in [5.41, 5.74) is -1.58. The van der Waals surface area contributed by atoms with Gasteiger partial charge in [-0.05, 0) is 23.8 Å². The second-order valence-electron chi connectivity index (χ2n) is 9.15. The number of rotatable bonds is 8. The minimum Gasteiger partial charge on any atom is -0.508 e. The number of carbonyl (C=O) groups excluding carboxylic acids is 1. The summed E-state index contributed by atoms with van der Waals surface area (Å²) in [7, 11) is 0. The first-order valence-electron chi connectivity index (χ1n) is 11.6. The molecule has 0 aromatic heterocycles. The third kappa shape index (κ3) is 5.59. The van der Waals surface area contributed by atoms with Crippen molar-refractivity contribution in [1.29, 1.82) is 0 Å². The van der Waals surface area contributed by atoms with Crippen molar-refractivity contribution in [2.24, 2.45) is 11.8 Å². The van der Waals surface area contributed by atoms with Gasteiger partial charge in [0.25, 0.3) is 0 Å². The molecule has 1 aromatic rings. The first-order chi connectivity index (χ1) is 18.0. The lowest BCUT2D eigenvalue weighted by Gasteiger charge is -2.44. The molecule has 4 rings (SSSR count). The standard InChI is InChI=1S/C25H28O13/c26-9-16-19(29)20(30)21(31)24(37-16)38-23-18-14(15(10-35-23)22(32)33)7-8-25(18,34)11-36-17(28)6-3-12-1-4-13(27)5-2-12/h1-8,10,14,16,18-21,23-24,26-27,29-31,34H,9,11H2,(H,32,33)/b6-3+/t14-,16+,18+,19+,20-,21+,23+,24-,25-/m0/s1. The second kappa shape index (κ2) is 11.2. The molecule has 9 atom stereocenters. The molecule has 1 aromatic carbocycles. The van der Waals surface area contributed by atoms with Crippen LogP contribution in [-0.4, -0.2) is 103 Å². The number of hydrogen-bond acceptors (Lipinski definition) is 12. The Morgan fingerprint density at radius 3 is 2.42 bits per heavy atom. The number of allylic oxidation sites excluding steroid dienone is 1. The van der Waals surface area contributed by atoms with Crippen LogP contribution < -0.4 is 0 Å². The quantitative estimate of drug-likeness (QED) is 0.116. The van der Waals surface area contributed by atoms with Gasteiger partial charge < -0.3 is 54.7 Å². The minimum atomic E-state index is -1.97. The van der Waals surface area contributed by atoms with E-state index in [2.05, 4.69) is 0 Å². The van der Waals surface area contributed by atoms with Gasteiger partial charge >= 0.3 is 11.9 Å². The molecule has 7 N–H and O–H groups in total. The number of aromatic hydroxyl groups is 1. The molecule has 0 radical (unpaired) electrons. The molecule has 0 spiro atoms. The van der Waals surface area contributed by atoms with Gasteiger partial charge in [-0.25, -0.2) is 9.59 Å². The maximum Gasteiger partial charge on any atom is 0.335 e. The van der Waals surface area contributed by atoms with E-state index in [9.17, 15) is 45.3 Å². The molecule has 1 fully saturated rings. The number of benzene rings is 1. The van der Waals surface area contributed by atoms with Crippen LogP contribution in [0.25, 0.3) is 6.08 Å². The first-order valence-corrected chi connectivity index (χ1v) is 11.6. The number of aliphatic carboxylic acids is 1. The van der Waals surface area contributed by atoms with Crippen LogP contribution in [0.5, 0.6) is 5.75 Å². The minimum absolute atomic E-state index is 0.0551. The maximum absolute atomic E-state index is 12.3. The number of carbonyl (C=O) groups is 2. The normalized spacial score (nSPS) is 36.4. The number of phenolic OH excluding ortho intramolecular Hbond substituents is 1. The van der Waals surface area contributed by atoms with Gasteiger partial charge in [-0.1, -0.05) is 24.3 Å². The van der Waals surface area contributed by atoms with Gasteiger partial charge in [-0.15, -0.1) is 0 Å². The van der Waals surface area contributed by atoms with Gasteiger partial charge in [0.05, 0.1) is 24.4 Å².